The Hall–Kier alpha value is -2.15. The summed E-state index contributed by atoms with van der Waals surface area (Å²) in [5, 5.41) is 16.4. The normalized spacial score (nSPS) is 11.0. The molecule has 1 amide bonds. The highest BCUT2D eigenvalue weighted by atomic mass is 16.6. The fraction of sp³-hybridized carbons (Fsp3) is 0.462. The van der Waals surface area contributed by atoms with E-state index in [4.69, 9.17) is 4.74 Å². The molecule has 0 atom stereocenters. The van der Waals surface area contributed by atoms with Crippen LogP contribution in [0.3, 0.4) is 0 Å². The van der Waals surface area contributed by atoms with Gasteiger partial charge in [-0.15, -0.1) is 0 Å². The third kappa shape index (κ3) is 3.92. The molecule has 1 rings (SSSR count). The van der Waals surface area contributed by atoms with E-state index in [9.17, 15) is 14.9 Å². The Morgan fingerprint density at radius 1 is 1.45 bits per heavy atom. The second-order valence-electron chi connectivity index (χ2n) is 5.01. The molecular formula is C13H19N3O4. The predicted octanol–water partition coefficient (Wildman–Crippen LogP) is 1.79. The number of hydrogen-bond donors (Lipinski definition) is 2. The molecule has 0 aromatic heterocycles. The van der Waals surface area contributed by atoms with Gasteiger partial charge in [0, 0.05) is 25.8 Å². The van der Waals surface area contributed by atoms with Gasteiger partial charge in [-0.25, -0.2) is 0 Å². The van der Waals surface area contributed by atoms with Gasteiger partial charge in [-0.05, 0) is 26.0 Å². The Kier molecular flexibility index (Phi) is 5.04. The number of hydrogen-bond acceptors (Lipinski definition) is 5. The zero-order valence-corrected chi connectivity index (χ0v) is 12.0. The van der Waals surface area contributed by atoms with Crippen molar-refractivity contribution in [3.8, 4) is 0 Å². The van der Waals surface area contributed by atoms with Crippen molar-refractivity contribution in [3.63, 3.8) is 0 Å². The largest absolute Gasteiger partial charge is 0.383 e. The van der Waals surface area contributed by atoms with E-state index in [1.807, 2.05) is 13.8 Å². The van der Waals surface area contributed by atoms with Crippen molar-refractivity contribution < 1.29 is 14.5 Å². The number of nitro benzene ring substituents is 1. The van der Waals surface area contributed by atoms with Crippen LogP contribution in [0.1, 0.15) is 24.2 Å². The number of rotatable bonds is 6. The summed E-state index contributed by atoms with van der Waals surface area (Å²) in [7, 11) is 3.13. The molecule has 0 saturated carbocycles. The van der Waals surface area contributed by atoms with Gasteiger partial charge in [0.1, 0.15) is 5.69 Å². The summed E-state index contributed by atoms with van der Waals surface area (Å²) in [6, 6.07) is 4.30. The molecule has 0 aliphatic carbocycles. The molecule has 0 saturated heterocycles. The minimum atomic E-state index is -0.553. The molecule has 0 heterocycles. The molecule has 7 nitrogen and oxygen atoms in total. The number of nitrogens with one attached hydrogen (secondary N) is 2. The van der Waals surface area contributed by atoms with Crippen LogP contribution in [0.2, 0.25) is 0 Å². The minimum Gasteiger partial charge on any atom is -0.383 e. The number of nitro groups is 1. The molecule has 0 aliphatic heterocycles. The van der Waals surface area contributed by atoms with Gasteiger partial charge in [-0.3, -0.25) is 14.9 Å². The molecule has 0 spiro atoms. The Morgan fingerprint density at radius 2 is 2.10 bits per heavy atom. The van der Waals surface area contributed by atoms with E-state index < -0.39 is 10.5 Å². The van der Waals surface area contributed by atoms with E-state index >= 15 is 0 Å². The smallest absolute Gasteiger partial charge is 0.293 e. The average Bonchev–Trinajstić information content (AvgIpc) is 2.37. The number of carbonyl (C=O) groups is 1. The van der Waals surface area contributed by atoms with Crippen LogP contribution in [0.25, 0.3) is 0 Å². The number of nitrogens with zero attached hydrogens (tertiary/aromatic N) is 1. The molecule has 0 bridgehead atoms. The third-order valence-electron chi connectivity index (χ3n) is 2.68. The molecule has 1 aromatic carbocycles. The van der Waals surface area contributed by atoms with E-state index in [-0.39, 0.29) is 17.2 Å². The Labute approximate surface area is 117 Å². The van der Waals surface area contributed by atoms with Gasteiger partial charge in [0.2, 0.25) is 0 Å². The molecular weight excluding hydrogens is 262 g/mol. The Balaban J connectivity index is 3.00. The fourth-order valence-corrected chi connectivity index (χ4v) is 1.81. The number of benzene rings is 1. The van der Waals surface area contributed by atoms with Crippen LogP contribution >= 0.6 is 0 Å². The standard InChI is InChI=1S/C13H19N3O4/c1-13(2,8-20-4)15-12(17)9-5-6-10(14-3)11(7-9)16(18)19/h5-7,14H,8H2,1-4H3,(H,15,17). The van der Waals surface area contributed by atoms with Gasteiger partial charge in [-0.1, -0.05) is 0 Å². The third-order valence-corrected chi connectivity index (χ3v) is 2.68. The summed E-state index contributed by atoms with van der Waals surface area (Å²) in [4.78, 5) is 22.5. The lowest BCUT2D eigenvalue weighted by Crippen LogP contribution is -2.46. The first-order chi connectivity index (χ1) is 9.30. The van der Waals surface area contributed by atoms with Crippen LogP contribution < -0.4 is 10.6 Å². The van der Waals surface area contributed by atoms with Gasteiger partial charge in [0.25, 0.3) is 11.6 Å². The van der Waals surface area contributed by atoms with Crippen LogP contribution in [0.4, 0.5) is 11.4 Å². The van der Waals surface area contributed by atoms with Gasteiger partial charge >= 0.3 is 0 Å². The van der Waals surface area contributed by atoms with Crippen LogP contribution in [0.15, 0.2) is 18.2 Å². The summed E-state index contributed by atoms with van der Waals surface area (Å²) in [6.45, 7) is 3.96. The van der Waals surface area contributed by atoms with E-state index in [2.05, 4.69) is 10.6 Å². The topological polar surface area (TPSA) is 93.5 Å². The number of methoxy groups -OCH3 is 1. The first-order valence-corrected chi connectivity index (χ1v) is 6.08. The van der Waals surface area contributed by atoms with Crippen LogP contribution in [0, 0.1) is 10.1 Å². The van der Waals surface area contributed by atoms with Crippen molar-refractivity contribution in [2.24, 2.45) is 0 Å². The Morgan fingerprint density at radius 3 is 2.60 bits per heavy atom. The Bertz CT molecular complexity index is 514. The lowest BCUT2D eigenvalue weighted by atomic mass is 10.1. The van der Waals surface area contributed by atoms with Crippen LogP contribution in [-0.2, 0) is 4.74 Å². The predicted molar refractivity (Wildman–Crippen MR) is 76.1 cm³/mol. The number of ether oxygens (including phenoxy) is 1. The molecule has 0 aliphatic rings. The average molecular weight is 281 g/mol. The zero-order chi connectivity index (χ0) is 15.3. The zero-order valence-electron chi connectivity index (χ0n) is 12.0. The summed E-state index contributed by atoms with van der Waals surface area (Å²) in [5.74, 6) is -0.377. The molecule has 0 radical (unpaired) electrons. The lowest BCUT2D eigenvalue weighted by Gasteiger charge is -2.25. The second kappa shape index (κ2) is 6.33. The quantitative estimate of drug-likeness (QED) is 0.612. The first-order valence-electron chi connectivity index (χ1n) is 6.08. The van der Waals surface area contributed by atoms with Crippen LogP contribution in [0.5, 0.6) is 0 Å². The molecule has 1 aromatic rings. The van der Waals surface area contributed by atoms with E-state index in [0.29, 0.717) is 12.3 Å². The first kappa shape index (κ1) is 15.9. The van der Waals surface area contributed by atoms with E-state index in [1.54, 1.807) is 14.2 Å². The van der Waals surface area contributed by atoms with Gasteiger partial charge in [0.05, 0.1) is 17.1 Å². The van der Waals surface area contributed by atoms with Crippen molar-refractivity contribution >= 4 is 17.3 Å². The van der Waals surface area contributed by atoms with Crippen molar-refractivity contribution in [2.45, 2.75) is 19.4 Å². The minimum absolute atomic E-state index is 0.135. The van der Waals surface area contributed by atoms with Crippen molar-refractivity contribution in [1.29, 1.82) is 0 Å². The van der Waals surface area contributed by atoms with Crippen LogP contribution in [-0.4, -0.2) is 37.1 Å². The maximum Gasteiger partial charge on any atom is 0.293 e. The van der Waals surface area contributed by atoms with Gasteiger partial charge < -0.3 is 15.4 Å². The van der Waals surface area contributed by atoms with E-state index in [0.717, 1.165) is 0 Å². The van der Waals surface area contributed by atoms with Crippen molar-refractivity contribution in [1.82, 2.24) is 5.32 Å². The van der Waals surface area contributed by atoms with Gasteiger partial charge in [-0.2, -0.15) is 0 Å². The summed E-state index contributed by atoms with van der Waals surface area (Å²) in [5.41, 5.74) is -0.0882. The molecule has 2 N–H and O–H groups in total. The molecule has 7 heteroatoms. The summed E-state index contributed by atoms with van der Waals surface area (Å²) >= 11 is 0. The van der Waals surface area contributed by atoms with Crippen molar-refractivity contribution in [3.05, 3.63) is 33.9 Å². The molecule has 20 heavy (non-hydrogen) atoms. The number of carbonyl (C=O) groups excluding carboxylic acids is 1. The fourth-order valence-electron chi connectivity index (χ4n) is 1.81. The number of amides is 1. The highest BCUT2D eigenvalue weighted by Gasteiger charge is 2.23. The maximum absolute atomic E-state index is 12.1. The summed E-state index contributed by atoms with van der Waals surface area (Å²) in [6.07, 6.45) is 0. The maximum atomic E-state index is 12.1. The molecule has 0 unspecified atom stereocenters. The molecule has 110 valence electrons. The highest BCUT2D eigenvalue weighted by Crippen LogP contribution is 2.25. The monoisotopic (exact) mass is 281 g/mol. The number of anilines is 1. The van der Waals surface area contributed by atoms with Gasteiger partial charge in [0.15, 0.2) is 0 Å². The lowest BCUT2D eigenvalue weighted by molar-refractivity contribution is -0.384. The van der Waals surface area contributed by atoms with E-state index in [1.165, 1.54) is 18.2 Å². The second-order valence-corrected chi connectivity index (χ2v) is 5.01. The molecule has 0 fully saturated rings. The SMILES string of the molecule is CNc1ccc(C(=O)NC(C)(C)COC)cc1[N+](=O)[O-]. The summed E-state index contributed by atoms with van der Waals surface area (Å²) < 4.78 is 5.01. The van der Waals surface area contributed by atoms with Crippen molar-refractivity contribution in [2.75, 3.05) is 26.1 Å². The highest BCUT2D eigenvalue weighted by molar-refractivity contribution is 5.96.